The molecule has 7 heteroatoms. The number of ether oxygens (including phenoxy) is 1. The Hall–Kier alpha value is -0.660. The fourth-order valence-corrected chi connectivity index (χ4v) is 3.73. The molecule has 0 spiro atoms. The Morgan fingerprint density at radius 1 is 1.43 bits per heavy atom. The average molecular weight is 335 g/mol. The van der Waals surface area contributed by atoms with Gasteiger partial charge in [0.2, 0.25) is 10.0 Å². The molecule has 0 amide bonds. The van der Waals surface area contributed by atoms with Crippen molar-refractivity contribution in [3.63, 3.8) is 0 Å². The van der Waals surface area contributed by atoms with E-state index in [9.17, 15) is 8.42 Å². The van der Waals surface area contributed by atoms with Crippen molar-refractivity contribution < 1.29 is 13.2 Å². The number of halogens is 1. The molecule has 1 aromatic rings. The van der Waals surface area contributed by atoms with E-state index in [0.29, 0.717) is 13.2 Å². The highest BCUT2D eigenvalue weighted by atomic mass is 35.5. The Morgan fingerprint density at radius 3 is 2.67 bits per heavy atom. The highest BCUT2D eigenvalue weighted by molar-refractivity contribution is 7.89. The average Bonchev–Trinajstić information content (AvgIpc) is 2.45. The van der Waals surface area contributed by atoms with E-state index in [-0.39, 0.29) is 16.0 Å². The Labute approximate surface area is 132 Å². The molecule has 0 heterocycles. The minimum Gasteiger partial charge on any atom is -0.383 e. The van der Waals surface area contributed by atoms with Gasteiger partial charge in [-0.3, -0.25) is 0 Å². The quantitative estimate of drug-likeness (QED) is 0.791. The Bertz CT molecular complexity index is 563. The molecule has 120 valence electrons. The van der Waals surface area contributed by atoms with Crippen molar-refractivity contribution in [2.24, 2.45) is 0 Å². The van der Waals surface area contributed by atoms with E-state index in [2.05, 4.69) is 5.32 Å². The summed E-state index contributed by atoms with van der Waals surface area (Å²) in [6.07, 6.45) is 0. The molecule has 0 aliphatic carbocycles. The van der Waals surface area contributed by atoms with E-state index in [0.717, 1.165) is 12.1 Å². The lowest BCUT2D eigenvalue weighted by atomic mass is 10.2. The fourth-order valence-electron chi connectivity index (χ4n) is 1.86. The molecule has 21 heavy (non-hydrogen) atoms. The van der Waals surface area contributed by atoms with Gasteiger partial charge in [-0.1, -0.05) is 24.6 Å². The third-order valence-corrected chi connectivity index (χ3v) is 5.71. The maximum absolute atomic E-state index is 12.7. The van der Waals surface area contributed by atoms with Crippen LogP contribution in [0.25, 0.3) is 0 Å². The van der Waals surface area contributed by atoms with Gasteiger partial charge in [-0.15, -0.1) is 0 Å². The number of methoxy groups -OCH3 is 1. The summed E-state index contributed by atoms with van der Waals surface area (Å²) in [6.45, 7) is 5.53. The SMILES string of the molecule is CCNCc1ccc(Cl)c(S(=O)(=O)N(C)C(C)COC)c1. The lowest BCUT2D eigenvalue weighted by Gasteiger charge is -2.24. The van der Waals surface area contributed by atoms with Gasteiger partial charge in [0.15, 0.2) is 0 Å². The van der Waals surface area contributed by atoms with Crippen LogP contribution in [-0.4, -0.2) is 46.1 Å². The van der Waals surface area contributed by atoms with E-state index in [1.54, 1.807) is 26.2 Å². The van der Waals surface area contributed by atoms with E-state index in [1.807, 2.05) is 13.0 Å². The van der Waals surface area contributed by atoms with Gasteiger partial charge in [0.05, 0.1) is 11.6 Å². The molecule has 5 nitrogen and oxygen atoms in total. The van der Waals surface area contributed by atoms with E-state index in [1.165, 1.54) is 11.4 Å². The largest absolute Gasteiger partial charge is 0.383 e. The van der Waals surface area contributed by atoms with Crippen LogP contribution in [0.2, 0.25) is 5.02 Å². The molecule has 1 atom stereocenters. The van der Waals surface area contributed by atoms with Crippen molar-refractivity contribution >= 4 is 21.6 Å². The molecule has 0 saturated heterocycles. The van der Waals surface area contributed by atoms with Crippen molar-refractivity contribution in [2.75, 3.05) is 27.3 Å². The molecule has 0 fully saturated rings. The molecule has 1 N–H and O–H groups in total. The van der Waals surface area contributed by atoms with Crippen molar-refractivity contribution in [3.8, 4) is 0 Å². The topological polar surface area (TPSA) is 58.6 Å². The van der Waals surface area contributed by atoms with Crippen LogP contribution in [0.3, 0.4) is 0 Å². The van der Waals surface area contributed by atoms with Crippen molar-refractivity contribution in [3.05, 3.63) is 28.8 Å². The minimum atomic E-state index is -3.65. The maximum Gasteiger partial charge on any atom is 0.244 e. The number of hydrogen-bond donors (Lipinski definition) is 1. The first-order valence-electron chi connectivity index (χ1n) is 6.80. The van der Waals surface area contributed by atoms with Crippen LogP contribution < -0.4 is 5.32 Å². The first-order chi connectivity index (χ1) is 9.84. The van der Waals surface area contributed by atoms with Gasteiger partial charge >= 0.3 is 0 Å². The van der Waals surface area contributed by atoms with Crippen molar-refractivity contribution in [1.82, 2.24) is 9.62 Å². The van der Waals surface area contributed by atoms with E-state index in [4.69, 9.17) is 16.3 Å². The molecule has 0 aliphatic heterocycles. The summed E-state index contributed by atoms with van der Waals surface area (Å²) >= 11 is 6.08. The fraction of sp³-hybridized carbons (Fsp3) is 0.571. The summed E-state index contributed by atoms with van der Waals surface area (Å²) in [4.78, 5) is 0.130. The zero-order valence-corrected chi connectivity index (χ0v) is 14.5. The van der Waals surface area contributed by atoms with Gasteiger partial charge < -0.3 is 10.1 Å². The molecular weight excluding hydrogens is 312 g/mol. The second-order valence-electron chi connectivity index (χ2n) is 4.87. The third-order valence-electron chi connectivity index (χ3n) is 3.26. The Balaban J connectivity index is 3.12. The number of sulfonamides is 1. The highest BCUT2D eigenvalue weighted by Crippen LogP contribution is 2.26. The van der Waals surface area contributed by atoms with Crippen LogP contribution in [0.15, 0.2) is 23.1 Å². The number of rotatable bonds is 8. The van der Waals surface area contributed by atoms with E-state index >= 15 is 0 Å². The summed E-state index contributed by atoms with van der Waals surface area (Å²) in [7, 11) is -0.568. The lowest BCUT2D eigenvalue weighted by molar-refractivity contribution is 0.149. The van der Waals surface area contributed by atoms with Crippen molar-refractivity contribution in [1.29, 1.82) is 0 Å². The van der Waals surface area contributed by atoms with Gasteiger partial charge in [-0.05, 0) is 31.2 Å². The molecule has 0 aromatic heterocycles. The molecule has 1 rings (SSSR count). The maximum atomic E-state index is 12.7. The van der Waals surface area contributed by atoms with Gasteiger partial charge in [-0.25, -0.2) is 8.42 Å². The minimum absolute atomic E-state index is 0.130. The predicted octanol–water partition coefficient (Wildman–Crippen LogP) is 2.10. The summed E-state index contributed by atoms with van der Waals surface area (Å²) in [5.41, 5.74) is 0.882. The summed E-state index contributed by atoms with van der Waals surface area (Å²) in [6, 6.07) is 4.79. The zero-order valence-electron chi connectivity index (χ0n) is 12.9. The Kier molecular flexibility index (Phi) is 7.09. The molecule has 1 unspecified atom stereocenters. The predicted molar refractivity (Wildman–Crippen MR) is 85.1 cm³/mol. The van der Waals surface area contributed by atoms with Crippen LogP contribution in [0, 0.1) is 0 Å². The van der Waals surface area contributed by atoms with Gasteiger partial charge in [-0.2, -0.15) is 4.31 Å². The first-order valence-corrected chi connectivity index (χ1v) is 8.62. The van der Waals surface area contributed by atoms with Gasteiger partial charge in [0.1, 0.15) is 4.90 Å². The molecule has 1 aromatic carbocycles. The summed E-state index contributed by atoms with van der Waals surface area (Å²) in [5.74, 6) is 0. The standard InChI is InChI=1S/C14H23ClN2O3S/c1-5-16-9-12-6-7-13(15)14(8-12)21(18,19)17(3)11(2)10-20-4/h6-8,11,16H,5,9-10H2,1-4H3. The molecule has 0 aliphatic rings. The summed E-state index contributed by atoms with van der Waals surface area (Å²) in [5, 5.41) is 3.39. The summed E-state index contributed by atoms with van der Waals surface area (Å²) < 4.78 is 31.6. The van der Waals surface area contributed by atoms with E-state index < -0.39 is 10.0 Å². The smallest absolute Gasteiger partial charge is 0.244 e. The Morgan fingerprint density at radius 2 is 2.10 bits per heavy atom. The number of likely N-dealkylation sites (N-methyl/N-ethyl adjacent to an activating group) is 1. The second kappa shape index (κ2) is 8.10. The number of nitrogens with zero attached hydrogens (tertiary/aromatic N) is 1. The number of hydrogen-bond acceptors (Lipinski definition) is 4. The van der Waals surface area contributed by atoms with Crippen LogP contribution in [0.1, 0.15) is 19.4 Å². The van der Waals surface area contributed by atoms with Crippen LogP contribution in [-0.2, 0) is 21.3 Å². The highest BCUT2D eigenvalue weighted by Gasteiger charge is 2.27. The van der Waals surface area contributed by atoms with Crippen LogP contribution in [0.4, 0.5) is 0 Å². The van der Waals surface area contributed by atoms with Gasteiger partial charge in [0.25, 0.3) is 0 Å². The number of nitrogens with one attached hydrogen (secondary N) is 1. The lowest BCUT2D eigenvalue weighted by Crippen LogP contribution is -2.38. The van der Waals surface area contributed by atoms with Crippen molar-refractivity contribution in [2.45, 2.75) is 31.3 Å². The zero-order chi connectivity index (χ0) is 16.0. The normalized spacial score (nSPS) is 13.6. The molecular formula is C14H23ClN2O3S. The molecule has 0 bridgehead atoms. The van der Waals surface area contributed by atoms with Crippen LogP contribution >= 0.6 is 11.6 Å². The van der Waals surface area contributed by atoms with Crippen LogP contribution in [0.5, 0.6) is 0 Å². The first kappa shape index (κ1) is 18.4. The monoisotopic (exact) mass is 334 g/mol. The number of benzene rings is 1. The third kappa shape index (κ3) is 4.66. The molecule has 0 saturated carbocycles. The van der Waals surface area contributed by atoms with Gasteiger partial charge in [0, 0.05) is 26.7 Å². The molecule has 0 radical (unpaired) electrons. The second-order valence-corrected chi connectivity index (χ2v) is 7.24.